The Hall–Kier alpha value is -2.42. The van der Waals surface area contributed by atoms with E-state index in [1.165, 1.54) is 22.3 Å². The molecule has 0 saturated heterocycles. The van der Waals surface area contributed by atoms with Gasteiger partial charge in [-0.1, -0.05) is 74.5 Å². The third-order valence-corrected chi connectivity index (χ3v) is 4.71. The molecule has 1 aliphatic rings. The Morgan fingerprint density at radius 1 is 1.00 bits per heavy atom. The molecule has 3 nitrogen and oxygen atoms in total. The SMILES string of the molecule is CC.CCC1Cc2ccccc2-c2c(nnn2C)-c2ccccc21. The standard InChI is InChI=1S/C19H19N3.C2H6/c1-3-13-12-14-8-4-5-10-16(14)19-18(20-21-22(19)2)17-11-7-6-9-15(13)17;1-2/h4-11,13H,3,12H2,1-2H3;1-2H3. The highest BCUT2D eigenvalue weighted by molar-refractivity contribution is 5.82. The molecule has 1 aliphatic carbocycles. The molecular weight excluding hydrogens is 294 g/mol. The molecule has 0 fully saturated rings. The van der Waals surface area contributed by atoms with E-state index in [1.807, 2.05) is 25.6 Å². The zero-order valence-corrected chi connectivity index (χ0v) is 15.0. The molecule has 0 N–H and O–H groups in total. The van der Waals surface area contributed by atoms with Crippen molar-refractivity contribution in [1.29, 1.82) is 0 Å². The quantitative estimate of drug-likeness (QED) is 0.615. The number of fused-ring (bicyclic) bond motifs is 5. The van der Waals surface area contributed by atoms with Crippen LogP contribution in [0.25, 0.3) is 22.5 Å². The molecule has 1 aromatic heterocycles. The average molecular weight is 319 g/mol. The lowest BCUT2D eigenvalue weighted by Crippen LogP contribution is -2.09. The highest BCUT2D eigenvalue weighted by atomic mass is 15.4. The van der Waals surface area contributed by atoms with Gasteiger partial charge in [-0.25, -0.2) is 4.68 Å². The van der Waals surface area contributed by atoms with E-state index in [-0.39, 0.29) is 0 Å². The van der Waals surface area contributed by atoms with Gasteiger partial charge in [-0.2, -0.15) is 0 Å². The summed E-state index contributed by atoms with van der Waals surface area (Å²) in [5, 5.41) is 8.78. The van der Waals surface area contributed by atoms with Gasteiger partial charge in [0.1, 0.15) is 5.69 Å². The van der Waals surface area contributed by atoms with Crippen LogP contribution in [-0.4, -0.2) is 15.0 Å². The highest BCUT2D eigenvalue weighted by Gasteiger charge is 2.25. The molecule has 124 valence electrons. The molecule has 4 rings (SSSR count). The predicted octanol–water partition coefficient (Wildman–Crippen LogP) is 5.23. The first-order valence-electron chi connectivity index (χ1n) is 8.86. The van der Waals surface area contributed by atoms with E-state index in [0.29, 0.717) is 5.92 Å². The summed E-state index contributed by atoms with van der Waals surface area (Å²) in [6.45, 7) is 6.27. The van der Waals surface area contributed by atoms with Gasteiger partial charge in [0.05, 0.1) is 5.69 Å². The summed E-state index contributed by atoms with van der Waals surface area (Å²) < 4.78 is 1.90. The molecule has 0 aliphatic heterocycles. The normalized spacial score (nSPS) is 15.1. The largest absolute Gasteiger partial charge is 0.247 e. The third-order valence-electron chi connectivity index (χ3n) is 4.71. The van der Waals surface area contributed by atoms with Crippen molar-refractivity contribution in [3.63, 3.8) is 0 Å². The Morgan fingerprint density at radius 3 is 2.42 bits per heavy atom. The molecule has 1 unspecified atom stereocenters. The van der Waals surface area contributed by atoms with E-state index in [0.717, 1.165) is 24.2 Å². The van der Waals surface area contributed by atoms with Gasteiger partial charge in [-0.05, 0) is 29.9 Å². The fourth-order valence-electron chi connectivity index (χ4n) is 3.58. The molecule has 0 saturated carbocycles. The van der Waals surface area contributed by atoms with Crippen molar-refractivity contribution in [2.24, 2.45) is 7.05 Å². The Bertz CT molecular complexity index is 833. The van der Waals surface area contributed by atoms with E-state index < -0.39 is 0 Å². The fourth-order valence-corrected chi connectivity index (χ4v) is 3.58. The maximum atomic E-state index is 4.48. The van der Waals surface area contributed by atoms with Gasteiger partial charge in [-0.15, -0.1) is 5.10 Å². The molecule has 0 bridgehead atoms. The lowest BCUT2D eigenvalue weighted by molar-refractivity contribution is 0.660. The van der Waals surface area contributed by atoms with E-state index in [4.69, 9.17) is 0 Å². The van der Waals surface area contributed by atoms with Crippen molar-refractivity contribution >= 4 is 0 Å². The summed E-state index contributed by atoms with van der Waals surface area (Å²) in [7, 11) is 1.98. The topological polar surface area (TPSA) is 30.7 Å². The number of hydrogen-bond acceptors (Lipinski definition) is 2. The second-order valence-corrected chi connectivity index (χ2v) is 5.96. The maximum absolute atomic E-state index is 4.48. The first-order valence-corrected chi connectivity index (χ1v) is 8.86. The highest BCUT2D eigenvalue weighted by Crippen LogP contribution is 2.41. The third kappa shape index (κ3) is 2.64. The average Bonchev–Trinajstić information content (AvgIpc) is 3.01. The predicted molar refractivity (Wildman–Crippen MR) is 100.0 cm³/mol. The number of aromatic nitrogens is 3. The lowest BCUT2D eigenvalue weighted by Gasteiger charge is -2.23. The number of rotatable bonds is 1. The van der Waals surface area contributed by atoms with E-state index in [2.05, 4.69) is 65.8 Å². The second kappa shape index (κ2) is 7.00. The zero-order valence-electron chi connectivity index (χ0n) is 15.0. The summed E-state index contributed by atoms with van der Waals surface area (Å²) in [4.78, 5) is 0. The van der Waals surface area contributed by atoms with Crippen LogP contribution in [0.1, 0.15) is 44.2 Å². The molecule has 2 aromatic carbocycles. The van der Waals surface area contributed by atoms with Crippen molar-refractivity contribution < 1.29 is 0 Å². The van der Waals surface area contributed by atoms with Gasteiger partial charge in [0.2, 0.25) is 0 Å². The van der Waals surface area contributed by atoms with Gasteiger partial charge in [0, 0.05) is 18.2 Å². The Kier molecular flexibility index (Phi) is 4.79. The van der Waals surface area contributed by atoms with E-state index >= 15 is 0 Å². The minimum Gasteiger partial charge on any atom is -0.247 e. The molecule has 1 atom stereocenters. The molecule has 3 aromatic rings. The summed E-state index contributed by atoms with van der Waals surface area (Å²) >= 11 is 0. The van der Waals surface area contributed by atoms with Gasteiger partial charge < -0.3 is 0 Å². The molecular formula is C21H25N3. The van der Waals surface area contributed by atoms with Gasteiger partial charge >= 0.3 is 0 Å². The summed E-state index contributed by atoms with van der Waals surface area (Å²) in [6.07, 6.45) is 2.19. The van der Waals surface area contributed by atoms with Crippen molar-refractivity contribution in [2.45, 2.75) is 39.5 Å². The number of aryl methyl sites for hydroxylation is 1. The molecule has 24 heavy (non-hydrogen) atoms. The Balaban J connectivity index is 0.000000815. The first-order chi connectivity index (χ1) is 11.8. The summed E-state index contributed by atoms with van der Waals surface area (Å²) in [6, 6.07) is 17.3. The van der Waals surface area contributed by atoms with E-state index in [1.54, 1.807) is 0 Å². The number of nitrogens with zero attached hydrogens (tertiary/aromatic N) is 3. The van der Waals surface area contributed by atoms with Gasteiger partial charge in [-0.3, -0.25) is 0 Å². The molecule has 3 heteroatoms. The van der Waals surface area contributed by atoms with Crippen LogP contribution in [-0.2, 0) is 13.5 Å². The fraction of sp³-hybridized carbons (Fsp3) is 0.333. The molecule has 0 spiro atoms. The summed E-state index contributed by atoms with van der Waals surface area (Å²) in [5.41, 5.74) is 7.39. The molecule has 1 heterocycles. The van der Waals surface area contributed by atoms with Crippen LogP contribution in [0.5, 0.6) is 0 Å². The van der Waals surface area contributed by atoms with Gasteiger partial charge in [0.15, 0.2) is 0 Å². The minimum absolute atomic E-state index is 0.521. The molecule has 0 amide bonds. The lowest BCUT2D eigenvalue weighted by atomic mass is 9.81. The van der Waals surface area contributed by atoms with Crippen molar-refractivity contribution in [1.82, 2.24) is 15.0 Å². The van der Waals surface area contributed by atoms with E-state index in [9.17, 15) is 0 Å². The Labute approximate surface area is 144 Å². The minimum atomic E-state index is 0.521. The van der Waals surface area contributed by atoms with Crippen LogP contribution in [0.3, 0.4) is 0 Å². The summed E-state index contributed by atoms with van der Waals surface area (Å²) in [5.74, 6) is 0.521. The van der Waals surface area contributed by atoms with Crippen molar-refractivity contribution in [3.8, 4) is 22.5 Å². The van der Waals surface area contributed by atoms with Crippen LogP contribution >= 0.6 is 0 Å². The second-order valence-electron chi connectivity index (χ2n) is 5.96. The smallest absolute Gasteiger partial charge is 0.121 e. The van der Waals surface area contributed by atoms with Crippen LogP contribution in [0, 0.1) is 0 Å². The van der Waals surface area contributed by atoms with Crippen LogP contribution in [0.2, 0.25) is 0 Å². The first kappa shape index (κ1) is 16.4. The Morgan fingerprint density at radius 2 is 1.67 bits per heavy atom. The van der Waals surface area contributed by atoms with Crippen LogP contribution in [0.4, 0.5) is 0 Å². The molecule has 0 radical (unpaired) electrons. The van der Waals surface area contributed by atoms with Crippen LogP contribution < -0.4 is 0 Å². The maximum Gasteiger partial charge on any atom is 0.121 e. The van der Waals surface area contributed by atoms with Crippen molar-refractivity contribution in [3.05, 3.63) is 59.7 Å². The zero-order chi connectivity index (χ0) is 17.1. The monoisotopic (exact) mass is 319 g/mol. The van der Waals surface area contributed by atoms with Crippen LogP contribution in [0.15, 0.2) is 48.5 Å². The van der Waals surface area contributed by atoms with Crippen molar-refractivity contribution in [2.75, 3.05) is 0 Å². The number of benzene rings is 2. The number of hydrogen-bond donors (Lipinski definition) is 0. The van der Waals surface area contributed by atoms with Gasteiger partial charge in [0.25, 0.3) is 0 Å².